The monoisotopic (exact) mass is 311 g/mol. The molecule has 3 heteroatoms. The molecular weight excluding hydrogens is 286 g/mol. The van der Waals surface area contributed by atoms with Crippen molar-refractivity contribution in [2.75, 3.05) is 18.5 Å². The lowest BCUT2D eigenvalue weighted by molar-refractivity contribution is 0.296. The van der Waals surface area contributed by atoms with Crippen LogP contribution in [-0.4, -0.2) is 13.2 Å². The number of ether oxygens (including phenoxy) is 2. The third-order valence-corrected chi connectivity index (χ3v) is 3.75. The average molecular weight is 311 g/mol. The summed E-state index contributed by atoms with van der Waals surface area (Å²) in [4.78, 5) is 0. The summed E-state index contributed by atoms with van der Waals surface area (Å²) < 4.78 is 11.3. The van der Waals surface area contributed by atoms with Gasteiger partial charge in [-0.2, -0.15) is 0 Å². The van der Waals surface area contributed by atoms with Crippen LogP contribution in [0, 0.1) is 13.8 Å². The van der Waals surface area contributed by atoms with Crippen molar-refractivity contribution in [3.05, 3.63) is 65.7 Å². The number of hydrogen-bond acceptors (Lipinski definition) is 3. The Morgan fingerprint density at radius 3 is 2.65 bits per heavy atom. The van der Waals surface area contributed by atoms with Crippen molar-refractivity contribution in [2.24, 2.45) is 0 Å². The Bertz CT molecular complexity index is 665. The van der Waals surface area contributed by atoms with Crippen molar-refractivity contribution < 1.29 is 9.47 Å². The van der Waals surface area contributed by atoms with E-state index < -0.39 is 0 Å². The van der Waals surface area contributed by atoms with Crippen molar-refractivity contribution >= 4 is 5.69 Å². The molecule has 0 fully saturated rings. The summed E-state index contributed by atoms with van der Waals surface area (Å²) in [6.07, 6.45) is 1.73. The highest BCUT2D eigenvalue weighted by atomic mass is 16.5. The Morgan fingerprint density at radius 2 is 1.91 bits per heavy atom. The molecule has 0 unspecified atom stereocenters. The smallest absolute Gasteiger partial charge is 0.161 e. The molecule has 122 valence electrons. The predicted molar refractivity (Wildman–Crippen MR) is 96.5 cm³/mol. The van der Waals surface area contributed by atoms with Crippen molar-refractivity contribution in [1.82, 2.24) is 0 Å². The quantitative estimate of drug-likeness (QED) is 0.705. The van der Waals surface area contributed by atoms with Crippen LogP contribution in [0.4, 0.5) is 5.69 Å². The van der Waals surface area contributed by atoms with Crippen LogP contribution < -0.4 is 14.8 Å². The minimum absolute atomic E-state index is 0.472. The Balaban J connectivity index is 2.11. The normalized spacial score (nSPS) is 10.2. The average Bonchev–Trinajstić information content (AvgIpc) is 2.55. The molecule has 0 radical (unpaired) electrons. The van der Waals surface area contributed by atoms with Gasteiger partial charge in [-0.25, -0.2) is 0 Å². The number of rotatable bonds is 8. The summed E-state index contributed by atoms with van der Waals surface area (Å²) in [6.45, 7) is 11.7. The standard InChI is InChI=1S/C20H25NO2/c1-5-12-23-19-11-10-17(13-20(19)22-6-2)14-21-18-9-7-8-15(3)16(18)4/h5,7-11,13,21H,1,6,12,14H2,2-4H3. The van der Waals surface area contributed by atoms with Gasteiger partial charge in [0, 0.05) is 12.2 Å². The summed E-state index contributed by atoms with van der Waals surface area (Å²) in [5.41, 5.74) is 4.89. The van der Waals surface area contributed by atoms with E-state index in [9.17, 15) is 0 Å². The van der Waals surface area contributed by atoms with Crippen LogP contribution in [0.2, 0.25) is 0 Å². The minimum Gasteiger partial charge on any atom is -0.490 e. The molecule has 23 heavy (non-hydrogen) atoms. The van der Waals surface area contributed by atoms with E-state index in [1.807, 2.05) is 19.1 Å². The van der Waals surface area contributed by atoms with Crippen LogP contribution in [0.3, 0.4) is 0 Å². The molecule has 0 aliphatic carbocycles. The van der Waals surface area contributed by atoms with Crippen LogP contribution in [0.1, 0.15) is 23.6 Å². The SMILES string of the molecule is C=CCOc1ccc(CNc2cccc(C)c2C)cc1OCC. The van der Waals surface area contributed by atoms with Gasteiger partial charge < -0.3 is 14.8 Å². The Labute approximate surface area is 138 Å². The molecule has 0 atom stereocenters. The maximum Gasteiger partial charge on any atom is 0.161 e. The molecule has 2 aromatic carbocycles. The Morgan fingerprint density at radius 1 is 1.09 bits per heavy atom. The van der Waals surface area contributed by atoms with Crippen LogP contribution in [0.15, 0.2) is 49.1 Å². The zero-order valence-electron chi connectivity index (χ0n) is 14.2. The number of anilines is 1. The summed E-state index contributed by atoms with van der Waals surface area (Å²) in [5, 5.41) is 3.49. The van der Waals surface area contributed by atoms with Gasteiger partial charge in [0.25, 0.3) is 0 Å². The molecule has 0 amide bonds. The van der Waals surface area contributed by atoms with Crippen molar-refractivity contribution in [3.63, 3.8) is 0 Å². The molecule has 3 nitrogen and oxygen atoms in total. The van der Waals surface area contributed by atoms with Gasteiger partial charge >= 0.3 is 0 Å². The highest BCUT2D eigenvalue weighted by molar-refractivity contribution is 5.54. The van der Waals surface area contributed by atoms with Gasteiger partial charge in [-0.1, -0.05) is 30.9 Å². The second kappa shape index (κ2) is 8.28. The lowest BCUT2D eigenvalue weighted by Gasteiger charge is -2.14. The lowest BCUT2D eigenvalue weighted by atomic mass is 10.1. The molecule has 0 aliphatic heterocycles. The Hall–Kier alpha value is -2.42. The molecule has 0 heterocycles. The second-order valence-electron chi connectivity index (χ2n) is 5.41. The summed E-state index contributed by atoms with van der Waals surface area (Å²) >= 11 is 0. The van der Waals surface area contributed by atoms with Gasteiger partial charge in [-0.3, -0.25) is 0 Å². The molecule has 1 N–H and O–H groups in total. The fourth-order valence-electron chi connectivity index (χ4n) is 2.34. The number of aryl methyl sites for hydroxylation is 1. The van der Waals surface area contributed by atoms with E-state index in [2.05, 4.69) is 50.0 Å². The third kappa shape index (κ3) is 4.52. The van der Waals surface area contributed by atoms with Gasteiger partial charge in [-0.15, -0.1) is 0 Å². The van der Waals surface area contributed by atoms with Gasteiger partial charge in [0.1, 0.15) is 6.61 Å². The molecule has 0 spiro atoms. The third-order valence-electron chi connectivity index (χ3n) is 3.75. The molecule has 2 aromatic rings. The molecule has 2 rings (SSSR count). The van der Waals surface area contributed by atoms with E-state index in [0.29, 0.717) is 13.2 Å². The second-order valence-corrected chi connectivity index (χ2v) is 5.41. The highest BCUT2D eigenvalue weighted by Gasteiger charge is 2.07. The first-order valence-corrected chi connectivity index (χ1v) is 7.95. The topological polar surface area (TPSA) is 30.5 Å². The molecule has 0 aromatic heterocycles. The number of hydrogen-bond donors (Lipinski definition) is 1. The maximum atomic E-state index is 5.68. The Kier molecular flexibility index (Phi) is 6.10. The van der Waals surface area contributed by atoms with E-state index in [4.69, 9.17) is 9.47 Å². The van der Waals surface area contributed by atoms with Crippen LogP contribution in [0.5, 0.6) is 11.5 Å². The zero-order chi connectivity index (χ0) is 16.7. The van der Waals surface area contributed by atoms with Crippen molar-refractivity contribution in [3.8, 4) is 11.5 Å². The first-order chi connectivity index (χ1) is 11.2. The van der Waals surface area contributed by atoms with E-state index in [-0.39, 0.29) is 0 Å². The predicted octanol–water partition coefficient (Wildman–Crippen LogP) is 4.88. The molecule has 0 saturated carbocycles. The maximum absolute atomic E-state index is 5.68. The number of nitrogens with one attached hydrogen (secondary N) is 1. The highest BCUT2D eigenvalue weighted by Crippen LogP contribution is 2.29. The zero-order valence-corrected chi connectivity index (χ0v) is 14.2. The van der Waals surface area contributed by atoms with Crippen molar-refractivity contribution in [2.45, 2.75) is 27.3 Å². The van der Waals surface area contributed by atoms with E-state index >= 15 is 0 Å². The summed E-state index contributed by atoms with van der Waals surface area (Å²) in [7, 11) is 0. The first kappa shape index (κ1) is 16.9. The van der Waals surface area contributed by atoms with E-state index in [1.165, 1.54) is 11.1 Å². The van der Waals surface area contributed by atoms with Crippen LogP contribution in [0.25, 0.3) is 0 Å². The number of benzene rings is 2. The minimum atomic E-state index is 0.472. The summed E-state index contributed by atoms with van der Waals surface area (Å²) in [6, 6.07) is 12.3. The fourth-order valence-corrected chi connectivity index (χ4v) is 2.34. The van der Waals surface area contributed by atoms with Crippen LogP contribution >= 0.6 is 0 Å². The molecule has 0 aliphatic rings. The molecular formula is C20H25NO2. The molecule has 0 bridgehead atoms. The lowest BCUT2D eigenvalue weighted by Crippen LogP contribution is -2.04. The molecule has 0 saturated heterocycles. The largest absolute Gasteiger partial charge is 0.490 e. The van der Waals surface area contributed by atoms with E-state index in [1.54, 1.807) is 6.08 Å². The first-order valence-electron chi connectivity index (χ1n) is 7.95. The van der Waals surface area contributed by atoms with Gasteiger partial charge in [0.15, 0.2) is 11.5 Å². The summed E-state index contributed by atoms with van der Waals surface area (Å²) in [5.74, 6) is 1.52. The van der Waals surface area contributed by atoms with E-state index in [0.717, 1.165) is 29.3 Å². The van der Waals surface area contributed by atoms with Crippen molar-refractivity contribution in [1.29, 1.82) is 0 Å². The van der Waals surface area contributed by atoms with Gasteiger partial charge in [-0.05, 0) is 55.7 Å². The van der Waals surface area contributed by atoms with Gasteiger partial charge in [0.05, 0.1) is 6.61 Å². The fraction of sp³-hybridized carbons (Fsp3) is 0.300. The van der Waals surface area contributed by atoms with Gasteiger partial charge in [0.2, 0.25) is 0 Å². The van der Waals surface area contributed by atoms with Crippen LogP contribution in [-0.2, 0) is 6.54 Å².